The summed E-state index contributed by atoms with van der Waals surface area (Å²) in [5.41, 5.74) is 1.27. The van der Waals surface area contributed by atoms with E-state index in [9.17, 15) is 14.4 Å². The zero-order chi connectivity index (χ0) is 19.4. The van der Waals surface area contributed by atoms with Crippen molar-refractivity contribution in [3.8, 4) is 0 Å². The predicted molar refractivity (Wildman–Crippen MR) is 106 cm³/mol. The molecule has 0 spiro atoms. The molecule has 1 fully saturated rings. The molecule has 1 heterocycles. The quantitative estimate of drug-likeness (QED) is 0.704. The molecule has 1 N–H and O–H groups in total. The molecule has 1 saturated heterocycles. The molecule has 1 aliphatic heterocycles. The standard InChI is InChI=1S/C19H16BrClN2O4/c20-13-1-7-16(8-2-13)23-10-12(9-18(23)25)19(26)27-11-17(24)22-15-5-3-14(21)4-6-15/h1-8,12H,9-11H2,(H,22,24)/t12-/m0/s1. The summed E-state index contributed by atoms with van der Waals surface area (Å²) >= 11 is 9.13. The van der Waals surface area contributed by atoms with Crippen LogP contribution in [0.2, 0.25) is 5.02 Å². The number of anilines is 2. The van der Waals surface area contributed by atoms with Crippen LogP contribution in [0.1, 0.15) is 6.42 Å². The van der Waals surface area contributed by atoms with E-state index >= 15 is 0 Å². The lowest BCUT2D eigenvalue weighted by Gasteiger charge is -2.16. The Labute approximate surface area is 169 Å². The maximum atomic E-state index is 12.2. The topological polar surface area (TPSA) is 75.7 Å². The molecule has 0 aliphatic carbocycles. The molecule has 2 amide bonds. The molecule has 0 bridgehead atoms. The van der Waals surface area contributed by atoms with Crippen molar-refractivity contribution in [2.24, 2.45) is 5.92 Å². The number of hydrogen-bond acceptors (Lipinski definition) is 4. The van der Waals surface area contributed by atoms with Gasteiger partial charge in [0.1, 0.15) is 0 Å². The summed E-state index contributed by atoms with van der Waals surface area (Å²) < 4.78 is 5.98. The van der Waals surface area contributed by atoms with Gasteiger partial charge in [-0.15, -0.1) is 0 Å². The van der Waals surface area contributed by atoms with E-state index < -0.39 is 24.4 Å². The highest BCUT2D eigenvalue weighted by molar-refractivity contribution is 9.10. The van der Waals surface area contributed by atoms with E-state index in [0.717, 1.165) is 10.2 Å². The molecule has 27 heavy (non-hydrogen) atoms. The number of carbonyl (C=O) groups is 3. The summed E-state index contributed by atoms with van der Waals surface area (Å²) in [6.45, 7) is -0.178. The van der Waals surface area contributed by atoms with Gasteiger partial charge < -0.3 is 15.0 Å². The number of hydrogen-bond donors (Lipinski definition) is 1. The summed E-state index contributed by atoms with van der Waals surface area (Å²) in [4.78, 5) is 37.9. The number of amides is 2. The van der Waals surface area contributed by atoms with Gasteiger partial charge >= 0.3 is 5.97 Å². The Balaban J connectivity index is 1.51. The van der Waals surface area contributed by atoms with E-state index in [-0.39, 0.29) is 18.9 Å². The van der Waals surface area contributed by atoms with Crippen molar-refractivity contribution in [2.45, 2.75) is 6.42 Å². The average molecular weight is 452 g/mol. The van der Waals surface area contributed by atoms with Gasteiger partial charge in [0, 0.05) is 33.8 Å². The molecule has 1 aliphatic rings. The van der Waals surface area contributed by atoms with Crippen molar-refractivity contribution in [3.05, 3.63) is 58.0 Å². The maximum Gasteiger partial charge on any atom is 0.311 e. The predicted octanol–water partition coefficient (Wildman–Crippen LogP) is 3.64. The van der Waals surface area contributed by atoms with Crippen LogP contribution in [0.15, 0.2) is 53.0 Å². The minimum Gasteiger partial charge on any atom is -0.455 e. The van der Waals surface area contributed by atoms with Crippen LogP contribution in [-0.4, -0.2) is 30.9 Å². The molecule has 0 unspecified atom stereocenters. The molecule has 6 nitrogen and oxygen atoms in total. The number of esters is 1. The van der Waals surface area contributed by atoms with Gasteiger partial charge in [0.25, 0.3) is 5.91 Å². The smallest absolute Gasteiger partial charge is 0.311 e. The summed E-state index contributed by atoms with van der Waals surface area (Å²) in [5.74, 6) is -1.76. The SMILES string of the molecule is O=C(COC(=O)[C@H]1CC(=O)N(c2ccc(Br)cc2)C1)Nc1ccc(Cl)cc1. The minimum absolute atomic E-state index is 0.0632. The van der Waals surface area contributed by atoms with Gasteiger partial charge in [-0.25, -0.2) is 0 Å². The fraction of sp³-hybridized carbons (Fsp3) is 0.211. The molecular weight excluding hydrogens is 436 g/mol. The van der Waals surface area contributed by atoms with Gasteiger partial charge in [-0.1, -0.05) is 27.5 Å². The van der Waals surface area contributed by atoms with Crippen LogP contribution in [0.25, 0.3) is 0 Å². The molecule has 2 aromatic rings. The maximum absolute atomic E-state index is 12.2. The van der Waals surface area contributed by atoms with Gasteiger partial charge in [0.15, 0.2) is 6.61 Å². The van der Waals surface area contributed by atoms with Gasteiger partial charge in [-0.05, 0) is 48.5 Å². The normalized spacial score (nSPS) is 16.3. The van der Waals surface area contributed by atoms with Gasteiger partial charge in [0.05, 0.1) is 5.92 Å². The molecule has 2 aromatic carbocycles. The Morgan fingerprint density at radius 3 is 2.48 bits per heavy atom. The highest BCUT2D eigenvalue weighted by atomic mass is 79.9. The van der Waals surface area contributed by atoms with Gasteiger partial charge in [-0.3, -0.25) is 14.4 Å². The van der Waals surface area contributed by atoms with E-state index in [1.807, 2.05) is 12.1 Å². The zero-order valence-corrected chi connectivity index (χ0v) is 16.5. The van der Waals surface area contributed by atoms with Crippen molar-refractivity contribution >= 4 is 56.7 Å². The summed E-state index contributed by atoms with van der Waals surface area (Å²) in [6, 6.07) is 13.8. The third kappa shape index (κ3) is 5.08. The van der Waals surface area contributed by atoms with E-state index in [1.54, 1.807) is 41.3 Å². The van der Waals surface area contributed by atoms with Crippen molar-refractivity contribution in [1.29, 1.82) is 0 Å². The lowest BCUT2D eigenvalue weighted by Crippen LogP contribution is -2.28. The molecule has 0 radical (unpaired) electrons. The molecule has 0 aromatic heterocycles. The number of ether oxygens (including phenoxy) is 1. The van der Waals surface area contributed by atoms with Crippen LogP contribution in [-0.2, 0) is 19.1 Å². The van der Waals surface area contributed by atoms with Crippen LogP contribution in [0.5, 0.6) is 0 Å². The molecule has 1 atom stereocenters. The molecule has 8 heteroatoms. The first-order valence-corrected chi connectivity index (χ1v) is 9.37. The number of nitrogens with zero attached hydrogens (tertiary/aromatic N) is 1. The molecule has 0 saturated carbocycles. The van der Waals surface area contributed by atoms with Crippen LogP contribution in [0.3, 0.4) is 0 Å². The Morgan fingerprint density at radius 2 is 1.81 bits per heavy atom. The highest BCUT2D eigenvalue weighted by Crippen LogP contribution is 2.27. The largest absolute Gasteiger partial charge is 0.455 e. The molecule has 3 rings (SSSR count). The van der Waals surface area contributed by atoms with Crippen molar-refractivity contribution in [1.82, 2.24) is 0 Å². The summed E-state index contributed by atoms with van der Waals surface area (Å²) in [7, 11) is 0. The Morgan fingerprint density at radius 1 is 1.15 bits per heavy atom. The van der Waals surface area contributed by atoms with E-state index in [2.05, 4.69) is 21.2 Å². The summed E-state index contributed by atoms with van der Waals surface area (Å²) in [5, 5.41) is 3.16. The number of halogens is 2. The van der Waals surface area contributed by atoms with E-state index in [0.29, 0.717) is 10.7 Å². The fourth-order valence-corrected chi connectivity index (χ4v) is 3.11. The van der Waals surface area contributed by atoms with Crippen molar-refractivity contribution in [3.63, 3.8) is 0 Å². The number of benzene rings is 2. The third-order valence-electron chi connectivity index (χ3n) is 4.07. The Kier molecular flexibility index (Phi) is 6.13. The van der Waals surface area contributed by atoms with E-state index in [1.165, 1.54) is 0 Å². The first kappa shape index (κ1) is 19.4. The van der Waals surface area contributed by atoms with Crippen LogP contribution in [0.4, 0.5) is 11.4 Å². The molecular formula is C19H16BrClN2O4. The first-order valence-electron chi connectivity index (χ1n) is 8.20. The fourth-order valence-electron chi connectivity index (χ4n) is 2.72. The lowest BCUT2D eigenvalue weighted by atomic mass is 10.1. The van der Waals surface area contributed by atoms with Crippen LogP contribution >= 0.6 is 27.5 Å². The zero-order valence-electron chi connectivity index (χ0n) is 14.2. The number of nitrogens with one attached hydrogen (secondary N) is 1. The third-order valence-corrected chi connectivity index (χ3v) is 4.85. The second-order valence-corrected chi connectivity index (χ2v) is 7.40. The van der Waals surface area contributed by atoms with Crippen molar-refractivity contribution in [2.75, 3.05) is 23.4 Å². The van der Waals surface area contributed by atoms with Crippen LogP contribution in [0, 0.1) is 5.92 Å². The second-order valence-electron chi connectivity index (χ2n) is 6.04. The molecule has 140 valence electrons. The summed E-state index contributed by atoms with van der Waals surface area (Å²) in [6.07, 6.45) is 0.0632. The van der Waals surface area contributed by atoms with Gasteiger partial charge in [0.2, 0.25) is 5.91 Å². The minimum atomic E-state index is -0.593. The first-order chi connectivity index (χ1) is 12.9. The van der Waals surface area contributed by atoms with Crippen LogP contribution < -0.4 is 10.2 Å². The second kappa shape index (κ2) is 8.54. The Hall–Kier alpha value is -2.38. The Bertz CT molecular complexity index is 855. The van der Waals surface area contributed by atoms with Crippen molar-refractivity contribution < 1.29 is 19.1 Å². The van der Waals surface area contributed by atoms with Gasteiger partial charge in [-0.2, -0.15) is 0 Å². The number of carbonyl (C=O) groups excluding carboxylic acids is 3. The lowest BCUT2D eigenvalue weighted by molar-refractivity contribution is -0.151. The monoisotopic (exact) mass is 450 g/mol. The van der Waals surface area contributed by atoms with E-state index in [4.69, 9.17) is 16.3 Å². The number of rotatable bonds is 5. The average Bonchev–Trinajstić information content (AvgIpc) is 3.04. The highest BCUT2D eigenvalue weighted by Gasteiger charge is 2.36.